The summed E-state index contributed by atoms with van der Waals surface area (Å²) in [6, 6.07) is 1.45. The molecule has 0 radical (unpaired) electrons. The average Bonchev–Trinajstić information content (AvgIpc) is 2.75. The second-order valence-corrected chi connectivity index (χ2v) is 5.77. The second-order valence-electron chi connectivity index (χ2n) is 5.77. The van der Waals surface area contributed by atoms with Crippen LogP contribution in [0, 0.1) is 0 Å². The summed E-state index contributed by atoms with van der Waals surface area (Å²) in [6.45, 7) is 11.5. The molecule has 0 spiro atoms. The summed E-state index contributed by atoms with van der Waals surface area (Å²) >= 11 is 0. The summed E-state index contributed by atoms with van der Waals surface area (Å²) in [6.07, 6.45) is 2.97. The van der Waals surface area contributed by atoms with Crippen molar-refractivity contribution in [3.05, 3.63) is 0 Å². The molecule has 1 aliphatic heterocycles. The van der Waals surface area contributed by atoms with Crippen LogP contribution < -0.4 is 10.6 Å². The number of amides is 1. The molecule has 1 atom stereocenters. The van der Waals surface area contributed by atoms with Gasteiger partial charge < -0.3 is 10.6 Å². The molecular formula is C14H29N3O. The first-order chi connectivity index (χ1) is 8.50. The van der Waals surface area contributed by atoms with Crippen LogP contribution >= 0.6 is 0 Å². The van der Waals surface area contributed by atoms with Crippen LogP contribution in [0.3, 0.4) is 0 Å². The molecule has 0 bridgehead atoms. The lowest BCUT2D eigenvalue weighted by molar-refractivity contribution is -0.121. The van der Waals surface area contributed by atoms with Crippen molar-refractivity contribution in [3.63, 3.8) is 0 Å². The Morgan fingerprint density at radius 3 is 2.50 bits per heavy atom. The SMILES string of the molecule is CC(C)N(CCNC(=O)CC1CCCN1)C(C)C. The van der Waals surface area contributed by atoms with Crippen molar-refractivity contribution in [1.82, 2.24) is 15.5 Å². The third kappa shape index (κ3) is 5.36. The zero-order valence-corrected chi connectivity index (χ0v) is 12.3. The van der Waals surface area contributed by atoms with Crippen LogP contribution in [0.2, 0.25) is 0 Å². The highest BCUT2D eigenvalue weighted by Gasteiger charge is 2.18. The van der Waals surface area contributed by atoms with Gasteiger partial charge >= 0.3 is 0 Å². The average molecular weight is 255 g/mol. The largest absolute Gasteiger partial charge is 0.355 e. The lowest BCUT2D eigenvalue weighted by atomic mass is 10.1. The van der Waals surface area contributed by atoms with Gasteiger partial charge in [-0.15, -0.1) is 0 Å². The van der Waals surface area contributed by atoms with Gasteiger partial charge in [0.1, 0.15) is 0 Å². The van der Waals surface area contributed by atoms with Crippen molar-refractivity contribution >= 4 is 5.91 Å². The van der Waals surface area contributed by atoms with Gasteiger partial charge in [0.15, 0.2) is 0 Å². The highest BCUT2D eigenvalue weighted by Crippen LogP contribution is 2.08. The Hall–Kier alpha value is -0.610. The van der Waals surface area contributed by atoms with Crippen LogP contribution in [0.15, 0.2) is 0 Å². The van der Waals surface area contributed by atoms with E-state index in [1.54, 1.807) is 0 Å². The standard InChI is InChI=1S/C14H29N3O/c1-11(2)17(12(3)4)9-8-16-14(18)10-13-6-5-7-15-13/h11-13,15H,5-10H2,1-4H3,(H,16,18). The van der Waals surface area contributed by atoms with Gasteiger partial charge in [0.2, 0.25) is 5.91 Å². The fourth-order valence-corrected chi connectivity index (χ4v) is 2.66. The Bertz CT molecular complexity index is 239. The molecule has 4 nitrogen and oxygen atoms in total. The number of hydrogen-bond acceptors (Lipinski definition) is 3. The second kappa shape index (κ2) is 7.74. The van der Waals surface area contributed by atoms with Crippen LogP contribution in [-0.4, -0.2) is 48.6 Å². The number of nitrogens with one attached hydrogen (secondary N) is 2. The number of rotatable bonds is 7. The molecule has 1 rings (SSSR count). The van der Waals surface area contributed by atoms with Crippen LogP contribution in [-0.2, 0) is 4.79 Å². The number of carbonyl (C=O) groups excluding carboxylic acids is 1. The zero-order valence-electron chi connectivity index (χ0n) is 12.3. The molecule has 0 aromatic heterocycles. The first kappa shape index (κ1) is 15.4. The molecule has 0 aromatic rings. The highest BCUT2D eigenvalue weighted by atomic mass is 16.1. The Morgan fingerprint density at radius 2 is 2.00 bits per heavy atom. The minimum Gasteiger partial charge on any atom is -0.355 e. The van der Waals surface area contributed by atoms with Gasteiger partial charge in [-0.25, -0.2) is 0 Å². The van der Waals surface area contributed by atoms with E-state index >= 15 is 0 Å². The Balaban J connectivity index is 2.17. The summed E-state index contributed by atoms with van der Waals surface area (Å²) in [7, 11) is 0. The molecule has 106 valence electrons. The van der Waals surface area contributed by atoms with E-state index in [0.29, 0.717) is 24.5 Å². The van der Waals surface area contributed by atoms with Crippen molar-refractivity contribution in [3.8, 4) is 0 Å². The highest BCUT2D eigenvalue weighted by molar-refractivity contribution is 5.76. The smallest absolute Gasteiger partial charge is 0.221 e. The number of carbonyl (C=O) groups is 1. The lowest BCUT2D eigenvalue weighted by Crippen LogP contribution is -2.43. The fourth-order valence-electron chi connectivity index (χ4n) is 2.66. The van der Waals surface area contributed by atoms with Gasteiger partial charge in [-0.3, -0.25) is 9.69 Å². The molecule has 1 saturated heterocycles. The molecule has 1 unspecified atom stereocenters. The predicted octanol–water partition coefficient (Wildman–Crippen LogP) is 1.36. The van der Waals surface area contributed by atoms with Gasteiger partial charge in [0.25, 0.3) is 0 Å². The molecule has 0 aromatic carbocycles. The van der Waals surface area contributed by atoms with Gasteiger partial charge in [-0.05, 0) is 47.1 Å². The van der Waals surface area contributed by atoms with Gasteiger partial charge in [-0.2, -0.15) is 0 Å². The maximum atomic E-state index is 11.8. The third-order valence-electron chi connectivity index (χ3n) is 3.61. The zero-order chi connectivity index (χ0) is 13.5. The van der Waals surface area contributed by atoms with Crippen molar-refractivity contribution < 1.29 is 4.79 Å². The molecule has 2 N–H and O–H groups in total. The van der Waals surface area contributed by atoms with E-state index in [0.717, 1.165) is 26.1 Å². The van der Waals surface area contributed by atoms with E-state index in [9.17, 15) is 4.79 Å². The van der Waals surface area contributed by atoms with Crippen molar-refractivity contribution in [2.75, 3.05) is 19.6 Å². The summed E-state index contributed by atoms with van der Waals surface area (Å²) in [4.78, 5) is 14.1. The van der Waals surface area contributed by atoms with E-state index in [1.165, 1.54) is 6.42 Å². The molecule has 4 heteroatoms. The number of hydrogen-bond donors (Lipinski definition) is 2. The van der Waals surface area contributed by atoms with Crippen LogP contribution in [0.5, 0.6) is 0 Å². The molecule has 1 aliphatic rings. The van der Waals surface area contributed by atoms with Gasteiger partial charge in [0.05, 0.1) is 0 Å². The third-order valence-corrected chi connectivity index (χ3v) is 3.61. The van der Waals surface area contributed by atoms with E-state index in [2.05, 4.69) is 43.2 Å². The van der Waals surface area contributed by atoms with Crippen molar-refractivity contribution in [2.24, 2.45) is 0 Å². The van der Waals surface area contributed by atoms with Crippen molar-refractivity contribution in [1.29, 1.82) is 0 Å². The summed E-state index contributed by atoms with van der Waals surface area (Å²) < 4.78 is 0. The normalized spacial score (nSPS) is 20.1. The van der Waals surface area contributed by atoms with E-state index in [1.807, 2.05) is 0 Å². The first-order valence-corrected chi connectivity index (χ1v) is 7.26. The van der Waals surface area contributed by atoms with E-state index in [4.69, 9.17) is 0 Å². The summed E-state index contributed by atoms with van der Waals surface area (Å²) in [5.74, 6) is 0.182. The maximum Gasteiger partial charge on any atom is 0.221 e. The van der Waals surface area contributed by atoms with Crippen LogP contribution in [0.1, 0.15) is 47.0 Å². The van der Waals surface area contributed by atoms with Crippen LogP contribution in [0.25, 0.3) is 0 Å². The minimum atomic E-state index is 0.182. The Morgan fingerprint density at radius 1 is 1.33 bits per heavy atom. The quantitative estimate of drug-likeness (QED) is 0.722. The molecule has 0 aliphatic carbocycles. The lowest BCUT2D eigenvalue weighted by Gasteiger charge is -2.30. The molecule has 1 heterocycles. The first-order valence-electron chi connectivity index (χ1n) is 7.26. The minimum absolute atomic E-state index is 0.182. The molecular weight excluding hydrogens is 226 g/mol. The molecule has 0 saturated carbocycles. The maximum absolute atomic E-state index is 11.8. The van der Waals surface area contributed by atoms with Gasteiger partial charge in [-0.1, -0.05) is 0 Å². The van der Waals surface area contributed by atoms with E-state index in [-0.39, 0.29) is 5.91 Å². The van der Waals surface area contributed by atoms with Crippen LogP contribution in [0.4, 0.5) is 0 Å². The summed E-state index contributed by atoms with van der Waals surface area (Å²) in [5, 5.41) is 6.38. The number of nitrogens with zero attached hydrogens (tertiary/aromatic N) is 1. The van der Waals surface area contributed by atoms with Crippen molar-refractivity contribution in [2.45, 2.75) is 65.1 Å². The topological polar surface area (TPSA) is 44.4 Å². The molecule has 18 heavy (non-hydrogen) atoms. The molecule has 1 fully saturated rings. The Labute approximate surface area is 111 Å². The van der Waals surface area contributed by atoms with Gasteiger partial charge in [0, 0.05) is 37.6 Å². The van der Waals surface area contributed by atoms with E-state index < -0.39 is 0 Å². The Kier molecular flexibility index (Phi) is 6.65. The fraction of sp³-hybridized carbons (Fsp3) is 0.929. The monoisotopic (exact) mass is 255 g/mol. The predicted molar refractivity (Wildman–Crippen MR) is 75.6 cm³/mol. The summed E-state index contributed by atoms with van der Waals surface area (Å²) in [5.41, 5.74) is 0. The molecule has 1 amide bonds.